The fraction of sp³-hybridized carbons (Fsp3) is 0.400. The third-order valence-corrected chi connectivity index (χ3v) is 5.45. The number of hydrogen-bond acceptors (Lipinski definition) is 4. The number of benzene rings is 2. The van der Waals surface area contributed by atoms with E-state index in [9.17, 15) is 15.3 Å². The lowest BCUT2D eigenvalue weighted by Crippen LogP contribution is -2.26. The summed E-state index contributed by atoms with van der Waals surface area (Å²) in [4.78, 5) is 0. The third kappa shape index (κ3) is 6.70. The second-order valence-corrected chi connectivity index (χ2v) is 7.37. The third-order valence-electron chi connectivity index (χ3n) is 5.45. The van der Waals surface area contributed by atoms with Crippen molar-refractivity contribution >= 4 is 5.57 Å². The molecule has 0 spiro atoms. The number of ether oxygens (including phenoxy) is 1. The highest BCUT2D eigenvalue weighted by Crippen LogP contribution is 2.24. The Morgan fingerprint density at radius 3 is 2.38 bits per heavy atom. The second kappa shape index (κ2) is 11.1. The molecular weight excluding hydrogens is 364 g/mol. The number of aliphatic hydroxyl groups is 3. The van der Waals surface area contributed by atoms with Crippen molar-refractivity contribution in [2.45, 2.75) is 65.5 Å². The molecule has 0 aliphatic heterocycles. The minimum atomic E-state index is -0.694. The molecule has 2 aromatic carbocycles. The Balaban J connectivity index is 2.01. The highest BCUT2D eigenvalue weighted by molar-refractivity contribution is 5.65. The van der Waals surface area contributed by atoms with Crippen molar-refractivity contribution in [2.24, 2.45) is 0 Å². The van der Waals surface area contributed by atoms with Gasteiger partial charge in [-0.15, -0.1) is 0 Å². The van der Waals surface area contributed by atoms with Crippen LogP contribution in [0.2, 0.25) is 0 Å². The summed E-state index contributed by atoms with van der Waals surface area (Å²) in [6.07, 6.45) is 6.26. The standard InChI is InChI=1S/C25H33O4/c1-4-25(28,5-2)13-7-8-19(3)21-9-6-10-24(15-21)29-18-20-11-12-22(16-26)23(14-20)17-27/h6,8-15,26-28H,4-5,7,16-18H2,1-3H3/b19-8-. The maximum absolute atomic E-state index is 10.4. The molecule has 0 atom stereocenters. The number of hydrogen-bond donors (Lipinski definition) is 3. The molecule has 0 heterocycles. The van der Waals surface area contributed by atoms with Crippen LogP contribution in [0, 0.1) is 6.42 Å². The topological polar surface area (TPSA) is 69.9 Å². The van der Waals surface area contributed by atoms with E-state index < -0.39 is 5.60 Å². The predicted molar refractivity (Wildman–Crippen MR) is 117 cm³/mol. The van der Waals surface area contributed by atoms with E-state index in [1.54, 1.807) is 0 Å². The molecule has 0 aliphatic carbocycles. The monoisotopic (exact) mass is 397 g/mol. The van der Waals surface area contributed by atoms with Crippen LogP contribution >= 0.6 is 0 Å². The maximum Gasteiger partial charge on any atom is 0.120 e. The molecule has 4 nitrogen and oxygen atoms in total. The van der Waals surface area contributed by atoms with E-state index in [0.717, 1.165) is 52.8 Å². The van der Waals surface area contributed by atoms with Crippen molar-refractivity contribution < 1.29 is 20.1 Å². The van der Waals surface area contributed by atoms with Crippen LogP contribution in [0.15, 0.2) is 48.5 Å². The van der Waals surface area contributed by atoms with Crippen molar-refractivity contribution in [2.75, 3.05) is 0 Å². The second-order valence-electron chi connectivity index (χ2n) is 7.37. The average molecular weight is 398 g/mol. The molecule has 1 radical (unpaired) electrons. The zero-order chi connectivity index (χ0) is 21.3. The molecule has 0 aliphatic rings. The van der Waals surface area contributed by atoms with E-state index in [1.807, 2.05) is 62.7 Å². The van der Waals surface area contributed by atoms with Gasteiger partial charge in [0, 0.05) is 0 Å². The van der Waals surface area contributed by atoms with Crippen LogP contribution in [0.1, 0.15) is 62.3 Å². The molecule has 0 aromatic heterocycles. The summed E-state index contributed by atoms with van der Waals surface area (Å²) in [6.45, 7) is 6.25. The van der Waals surface area contributed by atoms with Gasteiger partial charge in [0.1, 0.15) is 12.4 Å². The van der Waals surface area contributed by atoms with Crippen LogP contribution in [0.5, 0.6) is 5.75 Å². The Morgan fingerprint density at radius 2 is 1.72 bits per heavy atom. The lowest BCUT2D eigenvalue weighted by atomic mass is 9.91. The van der Waals surface area contributed by atoms with E-state index in [4.69, 9.17) is 4.74 Å². The molecule has 2 rings (SSSR count). The zero-order valence-electron chi connectivity index (χ0n) is 17.7. The van der Waals surface area contributed by atoms with Gasteiger partial charge in [0.15, 0.2) is 0 Å². The maximum atomic E-state index is 10.4. The van der Waals surface area contributed by atoms with Gasteiger partial charge in [-0.2, -0.15) is 0 Å². The molecule has 29 heavy (non-hydrogen) atoms. The van der Waals surface area contributed by atoms with Gasteiger partial charge in [0.25, 0.3) is 0 Å². The minimum absolute atomic E-state index is 0.0873. The Labute approximate surface area is 174 Å². The Bertz CT molecular complexity index is 806. The van der Waals surface area contributed by atoms with E-state index >= 15 is 0 Å². The summed E-state index contributed by atoms with van der Waals surface area (Å²) in [5, 5.41) is 29.1. The van der Waals surface area contributed by atoms with E-state index in [2.05, 4.69) is 13.0 Å². The molecule has 3 N–H and O–H groups in total. The summed E-state index contributed by atoms with van der Waals surface area (Å²) in [7, 11) is 0. The largest absolute Gasteiger partial charge is 0.489 e. The van der Waals surface area contributed by atoms with Gasteiger partial charge in [-0.25, -0.2) is 0 Å². The van der Waals surface area contributed by atoms with Gasteiger partial charge >= 0.3 is 0 Å². The summed E-state index contributed by atoms with van der Waals surface area (Å²) in [5.74, 6) is 0.773. The van der Waals surface area contributed by atoms with Crippen molar-refractivity contribution in [3.05, 3.63) is 77.2 Å². The Morgan fingerprint density at radius 1 is 1.00 bits per heavy atom. The zero-order valence-corrected chi connectivity index (χ0v) is 17.7. The SMILES string of the molecule is CCC(O)([CH]C/C=C(/C)c1cccc(OCc2ccc(CO)c(CO)c2)c1)CC. The molecule has 0 fully saturated rings. The smallest absolute Gasteiger partial charge is 0.120 e. The van der Waals surface area contributed by atoms with Crippen molar-refractivity contribution in [1.82, 2.24) is 0 Å². The van der Waals surface area contributed by atoms with E-state index in [0.29, 0.717) is 6.61 Å². The van der Waals surface area contributed by atoms with Gasteiger partial charge < -0.3 is 20.1 Å². The normalized spacial score (nSPS) is 12.3. The molecule has 4 heteroatoms. The summed E-state index contributed by atoms with van der Waals surface area (Å²) < 4.78 is 5.93. The summed E-state index contributed by atoms with van der Waals surface area (Å²) in [6, 6.07) is 13.5. The molecule has 157 valence electrons. The van der Waals surface area contributed by atoms with Crippen LogP contribution in [0.4, 0.5) is 0 Å². The first-order valence-electron chi connectivity index (χ1n) is 10.2. The summed E-state index contributed by atoms with van der Waals surface area (Å²) in [5.41, 5.74) is 3.92. The van der Waals surface area contributed by atoms with Gasteiger partial charge in [0.2, 0.25) is 0 Å². The highest BCUT2D eigenvalue weighted by atomic mass is 16.5. The van der Waals surface area contributed by atoms with Crippen LogP contribution in [0.3, 0.4) is 0 Å². The molecule has 0 bridgehead atoms. The lowest BCUT2D eigenvalue weighted by Gasteiger charge is -2.24. The van der Waals surface area contributed by atoms with Gasteiger partial charge in [-0.3, -0.25) is 0 Å². The average Bonchev–Trinajstić information content (AvgIpc) is 2.77. The van der Waals surface area contributed by atoms with Crippen molar-refractivity contribution in [3.8, 4) is 5.75 Å². The number of allylic oxidation sites excluding steroid dienone is 2. The van der Waals surface area contributed by atoms with Gasteiger partial charge in [0.05, 0.1) is 18.8 Å². The van der Waals surface area contributed by atoms with Crippen LogP contribution in [-0.4, -0.2) is 20.9 Å². The lowest BCUT2D eigenvalue weighted by molar-refractivity contribution is 0.0640. The molecular formula is C25H33O4. The van der Waals surface area contributed by atoms with Crippen LogP contribution in [-0.2, 0) is 19.8 Å². The quantitative estimate of drug-likeness (QED) is 0.509. The molecule has 2 aromatic rings. The first kappa shape index (κ1) is 23.1. The first-order chi connectivity index (χ1) is 13.9. The first-order valence-corrected chi connectivity index (χ1v) is 10.2. The minimum Gasteiger partial charge on any atom is -0.489 e. The highest BCUT2D eigenvalue weighted by Gasteiger charge is 2.21. The van der Waals surface area contributed by atoms with Crippen molar-refractivity contribution in [3.63, 3.8) is 0 Å². The summed E-state index contributed by atoms with van der Waals surface area (Å²) >= 11 is 0. The molecule has 0 saturated heterocycles. The Kier molecular flexibility index (Phi) is 8.90. The van der Waals surface area contributed by atoms with E-state index in [1.165, 1.54) is 0 Å². The fourth-order valence-electron chi connectivity index (χ4n) is 3.18. The van der Waals surface area contributed by atoms with Crippen molar-refractivity contribution in [1.29, 1.82) is 0 Å². The predicted octanol–water partition coefficient (Wildman–Crippen LogP) is 4.80. The molecule has 0 saturated carbocycles. The molecule has 0 unspecified atom stereocenters. The fourth-order valence-corrected chi connectivity index (χ4v) is 3.18. The van der Waals surface area contributed by atoms with E-state index in [-0.39, 0.29) is 13.2 Å². The van der Waals surface area contributed by atoms with Gasteiger partial charge in [-0.1, -0.05) is 44.2 Å². The number of rotatable bonds is 11. The molecule has 0 amide bonds. The van der Waals surface area contributed by atoms with Crippen LogP contribution < -0.4 is 4.74 Å². The van der Waals surface area contributed by atoms with Gasteiger partial charge in [-0.05, 0) is 78.6 Å². The van der Waals surface area contributed by atoms with Crippen LogP contribution in [0.25, 0.3) is 5.57 Å². The Hall–Kier alpha value is -2.14. The number of aliphatic hydroxyl groups excluding tert-OH is 2.